The van der Waals surface area contributed by atoms with Crippen LogP contribution >= 0.6 is 0 Å². The Labute approximate surface area is 117 Å². The third kappa shape index (κ3) is 3.76. The van der Waals surface area contributed by atoms with Gasteiger partial charge in [0.05, 0.1) is 24.2 Å². The molecule has 0 aliphatic carbocycles. The van der Waals surface area contributed by atoms with Crippen molar-refractivity contribution in [3.63, 3.8) is 0 Å². The lowest BCUT2D eigenvalue weighted by Crippen LogP contribution is -2.11. The van der Waals surface area contributed by atoms with E-state index in [1.165, 1.54) is 0 Å². The van der Waals surface area contributed by atoms with Crippen LogP contribution in [-0.4, -0.2) is 14.7 Å². The maximum absolute atomic E-state index is 11.3. The first-order valence-electron chi connectivity index (χ1n) is 5.77. The molecule has 0 saturated heterocycles. The lowest BCUT2D eigenvalue weighted by molar-refractivity contribution is 0.506. The molecule has 2 rings (SSSR count). The van der Waals surface area contributed by atoms with Crippen molar-refractivity contribution in [2.24, 2.45) is 0 Å². The standard InChI is InChI=1S/C13H13N3O3S/c1-20(17,18)16-13-5-3-2-4-12(13)15-9-11-7-6-10(8-14)19-11/h2-7,15-16H,9H2,1H3. The molecule has 0 aliphatic heterocycles. The van der Waals surface area contributed by atoms with Crippen LogP contribution in [0.3, 0.4) is 0 Å². The highest BCUT2D eigenvalue weighted by Gasteiger charge is 2.07. The van der Waals surface area contributed by atoms with Crippen LogP contribution < -0.4 is 10.0 Å². The van der Waals surface area contributed by atoms with Crippen LogP contribution in [0.4, 0.5) is 11.4 Å². The van der Waals surface area contributed by atoms with E-state index in [2.05, 4.69) is 10.0 Å². The summed E-state index contributed by atoms with van der Waals surface area (Å²) in [4.78, 5) is 0. The van der Waals surface area contributed by atoms with Gasteiger partial charge in [0, 0.05) is 0 Å². The lowest BCUT2D eigenvalue weighted by Gasteiger charge is -2.11. The molecular formula is C13H13N3O3S. The van der Waals surface area contributed by atoms with Gasteiger partial charge < -0.3 is 9.73 Å². The number of nitriles is 1. The molecule has 0 radical (unpaired) electrons. The molecule has 0 atom stereocenters. The summed E-state index contributed by atoms with van der Waals surface area (Å²) in [5.74, 6) is 0.833. The minimum atomic E-state index is -3.34. The van der Waals surface area contributed by atoms with Crippen LogP contribution in [0.1, 0.15) is 11.5 Å². The molecule has 1 aromatic carbocycles. The molecule has 0 aliphatic rings. The minimum Gasteiger partial charge on any atom is -0.449 e. The van der Waals surface area contributed by atoms with E-state index in [1.54, 1.807) is 36.4 Å². The molecule has 0 fully saturated rings. The highest BCUT2D eigenvalue weighted by Crippen LogP contribution is 2.22. The fourth-order valence-corrected chi connectivity index (χ4v) is 2.22. The van der Waals surface area contributed by atoms with E-state index in [9.17, 15) is 8.42 Å². The maximum atomic E-state index is 11.3. The number of para-hydroxylation sites is 2. The van der Waals surface area contributed by atoms with E-state index >= 15 is 0 Å². The van der Waals surface area contributed by atoms with Crippen molar-refractivity contribution >= 4 is 21.4 Å². The molecule has 0 spiro atoms. The lowest BCUT2D eigenvalue weighted by atomic mass is 10.2. The number of hydrogen-bond donors (Lipinski definition) is 2. The normalized spacial score (nSPS) is 10.8. The number of benzene rings is 1. The Morgan fingerprint density at radius 2 is 1.90 bits per heavy atom. The van der Waals surface area contributed by atoms with Crippen LogP contribution in [0.5, 0.6) is 0 Å². The van der Waals surface area contributed by atoms with Crippen molar-refractivity contribution in [1.29, 1.82) is 5.26 Å². The fourth-order valence-electron chi connectivity index (χ4n) is 1.64. The summed E-state index contributed by atoms with van der Waals surface area (Å²) in [7, 11) is -3.34. The van der Waals surface area contributed by atoms with Crippen LogP contribution in [-0.2, 0) is 16.6 Å². The first-order chi connectivity index (χ1) is 9.48. The highest BCUT2D eigenvalue weighted by molar-refractivity contribution is 7.92. The SMILES string of the molecule is CS(=O)(=O)Nc1ccccc1NCc1ccc(C#N)o1. The summed E-state index contributed by atoms with van der Waals surface area (Å²) < 4.78 is 30.2. The Hall–Kier alpha value is -2.46. The van der Waals surface area contributed by atoms with Gasteiger partial charge in [0.25, 0.3) is 0 Å². The van der Waals surface area contributed by atoms with Gasteiger partial charge in [-0.25, -0.2) is 8.42 Å². The number of rotatable bonds is 5. The highest BCUT2D eigenvalue weighted by atomic mass is 32.2. The summed E-state index contributed by atoms with van der Waals surface area (Å²) in [5, 5.41) is 11.7. The summed E-state index contributed by atoms with van der Waals surface area (Å²) in [6, 6.07) is 12.1. The Kier molecular flexibility index (Phi) is 3.96. The number of sulfonamides is 1. The van der Waals surface area contributed by atoms with E-state index in [0.29, 0.717) is 23.7 Å². The molecule has 7 heteroatoms. The zero-order valence-electron chi connectivity index (χ0n) is 10.8. The first-order valence-corrected chi connectivity index (χ1v) is 7.66. The molecule has 104 valence electrons. The van der Waals surface area contributed by atoms with Gasteiger partial charge >= 0.3 is 0 Å². The van der Waals surface area contributed by atoms with Crippen molar-refractivity contribution in [1.82, 2.24) is 0 Å². The summed E-state index contributed by atoms with van der Waals surface area (Å²) >= 11 is 0. The largest absolute Gasteiger partial charge is 0.449 e. The topological polar surface area (TPSA) is 95.1 Å². The van der Waals surface area contributed by atoms with Crippen molar-refractivity contribution in [2.75, 3.05) is 16.3 Å². The Morgan fingerprint density at radius 1 is 1.20 bits per heavy atom. The van der Waals surface area contributed by atoms with Gasteiger partial charge in [0.15, 0.2) is 0 Å². The van der Waals surface area contributed by atoms with E-state index in [1.807, 2.05) is 6.07 Å². The minimum absolute atomic E-state index is 0.240. The molecular weight excluding hydrogens is 278 g/mol. The quantitative estimate of drug-likeness (QED) is 0.880. The van der Waals surface area contributed by atoms with E-state index < -0.39 is 10.0 Å². The maximum Gasteiger partial charge on any atom is 0.229 e. The second-order valence-electron chi connectivity index (χ2n) is 4.15. The second kappa shape index (κ2) is 5.67. The average molecular weight is 291 g/mol. The fraction of sp³-hybridized carbons (Fsp3) is 0.154. The van der Waals surface area contributed by atoms with Gasteiger partial charge in [0.1, 0.15) is 11.8 Å². The van der Waals surface area contributed by atoms with Crippen molar-refractivity contribution < 1.29 is 12.8 Å². The van der Waals surface area contributed by atoms with E-state index in [4.69, 9.17) is 9.68 Å². The Balaban J connectivity index is 2.11. The third-order valence-electron chi connectivity index (χ3n) is 2.45. The number of anilines is 2. The molecule has 0 unspecified atom stereocenters. The predicted octanol–water partition coefficient (Wildman–Crippen LogP) is 2.13. The van der Waals surface area contributed by atoms with E-state index in [0.717, 1.165) is 6.26 Å². The predicted molar refractivity (Wildman–Crippen MR) is 75.7 cm³/mol. The summed E-state index contributed by atoms with van der Waals surface area (Å²) in [5.41, 5.74) is 1.09. The zero-order chi connectivity index (χ0) is 14.6. The van der Waals surface area contributed by atoms with Gasteiger partial charge in [-0.3, -0.25) is 4.72 Å². The molecule has 2 N–H and O–H groups in total. The monoisotopic (exact) mass is 291 g/mol. The van der Waals surface area contributed by atoms with Crippen molar-refractivity contribution in [2.45, 2.75) is 6.54 Å². The van der Waals surface area contributed by atoms with Crippen LogP contribution in [0, 0.1) is 11.3 Å². The second-order valence-corrected chi connectivity index (χ2v) is 5.90. The third-order valence-corrected chi connectivity index (χ3v) is 3.04. The Morgan fingerprint density at radius 3 is 2.50 bits per heavy atom. The number of hydrogen-bond acceptors (Lipinski definition) is 5. The molecule has 1 aromatic heterocycles. The zero-order valence-corrected chi connectivity index (χ0v) is 11.6. The van der Waals surface area contributed by atoms with Crippen LogP contribution in [0.15, 0.2) is 40.8 Å². The molecule has 20 heavy (non-hydrogen) atoms. The van der Waals surface area contributed by atoms with Gasteiger partial charge in [-0.15, -0.1) is 0 Å². The summed E-state index contributed by atoms with van der Waals surface area (Å²) in [6.07, 6.45) is 1.09. The van der Waals surface area contributed by atoms with Gasteiger partial charge in [-0.1, -0.05) is 12.1 Å². The Bertz CT molecular complexity index is 744. The van der Waals surface area contributed by atoms with Gasteiger partial charge in [-0.05, 0) is 24.3 Å². The van der Waals surface area contributed by atoms with Crippen LogP contribution in [0.25, 0.3) is 0 Å². The molecule has 1 heterocycles. The average Bonchev–Trinajstić information content (AvgIpc) is 2.84. The van der Waals surface area contributed by atoms with Crippen molar-refractivity contribution in [3.8, 4) is 6.07 Å². The molecule has 0 saturated carbocycles. The van der Waals surface area contributed by atoms with E-state index in [-0.39, 0.29) is 5.76 Å². The van der Waals surface area contributed by atoms with Gasteiger partial charge in [0.2, 0.25) is 15.8 Å². The first kappa shape index (κ1) is 14.0. The smallest absolute Gasteiger partial charge is 0.229 e. The number of nitrogens with zero attached hydrogens (tertiary/aromatic N) is 1. The van der Waals surface area contributed by atoms with Crippen LogP contribution in [0.2, 0.25) is 0 Å². The number of nitrogens with one attached hydrogen (secondary N) is 2. The number of furan rings is 1. The molecule has 0 bridgehead atoms. The van der Waals surface area contributed by atoms with Crippen molar-refractivity contribution in [3.05, 3.63) is 47.9 Å². The van der Waals surface area contributed by atoms with Gasteiger partial charge in [-0.2, -0.15) is 5.26 Å². The summed E-state index contributed by atoms with van der Waals surface area (Å²) in [6.45, 7) is 0.351. The molecule has 0 amide bonds. The molecule has 6 nitrogen and oxygen atoms in total. The molecule has 2 aromatic rings.